The summed E-state index contributed by atoms with van der Waals surface area (Å²) in [4.78, 5) is 43.6. The van der Waals surface area contributed by atoms with Crippen molar-refractivity contribution in [2.24, 2.45) is 7.05 Å². The molecule has 0 bridgehead atoms. The van der Waals surface area contributed by atoms with Crippen molar-refractivity contribution < 1.29 is 9.59 Å². The van der Waals surface area contributed by atoms with Gasteiger partial charge in [-0.05, 0) is 13.8 Å². The summed E-state index contributed by atoms with van der Waals surface area (Å²) in [5, 5.41) is 8.61. The van der Waals surface area contributed by atoms with E-state index in [4.69, 9.17) is 0 Å². The van der Waals surface area contributed by atoms with E-state index in [1.54, 1.807) is 31.0 Å². The van der Waals surface area contributed by atoms with Crippen LogP contribution in [-0.2, 0) is 23.9 Å². The Morgan fingerprint density at radius 2 is 2.08 bits per heavy atom. The second kappa shape index (κ2) is 5.49. The average molecular weight is 372 g/mol. The van der Waals surface area contributed by atoms with Gasteiger partial charge >= 0.3 is 6.03 Å². The summed E-state index contributed by atoms with van der Waals surface area (Å²) >= 11 is 1.34. The number of nitrogens with one attached hydrogen (secondary N) is 1. The fourth-order valence-corrected chi connectivity index (χ4v) is 3.95. The second-order valence-corrected chi connectivity index (χ2v) is 7.27. The Labute approximate surface area is 151 Å². The first kappa shape index (κ1) is 16.5. The molecule has 1 aliphatic heterocycles. The molecule has 9 nitrogen and oxygen atoms in total. The number of rotatable bonds is 3. The molecule has 0 spiro atoms. The number of fused-ring (bicyclic) bond motifs is 1. The maximum Gasteiger partial charge on any atom is 0.325 e. The smallest absolute Gasteiger partial charge is 0.319 e. The minimum absolute atomic E-state index is 0.0663. The van der Waals surface area contributed by atoms with E-state index in [9.17, 15) is 14.4 Å². The summed E-state index contributed by atoms with van der Waals surface area (Å²) in [5.41, 5.74) is 0.345. The monoisotopic (exact) mass is 372 g/mol. The van der Waals surface area contributed by atoms with Crippen LogP contribution in [0.4, 0.5) is 4.79 Å². The molecule has 3 amide bonds. The van der Waals surface area contributed by atoms with Gasteiger partial charge in [0.1, 0.15) is 5.54 Å². The molecule has 4 heterocycles. The lowest BCUT2D eigenvalue weighted by atomic mass is 9.95. The minimum Gasteiger partial charge on any atom is -0.319 e. The van der Waals surface area contributed by atoms with Crippen LogP contribution < -0.4 is 10.9 Å². The molecule has 10 heteroatoms. The van der Waals surface area contributed by atoms with Gasteiger partial charge in [-0.25, -0.2) is 9.78 Å². The lowest BCUT2D eigenvalue weighted by molar-refractivity contribution is -0.131. The molecule has 0 aromatic carbocycles. The summed E-state index contributed by atoms with van der Waals surface area (Å²) in [5.74, 6) is -0.403. The van der Waals surface area contributed by atoms with Crippen LogP contribution in [0, 0.1) is 6.92 Å². The van der Waals surface area contributed by atoms with Crippen LogP contribution in [0.3, 0.4) is 0 Å². The van der Waals surface area contributed by atoms with Gasteiger partial charge in [0.05, 0.1) is 18.4 Å². The van der Waals surface area contributed by atoms with E-state index in [1.807, 2.05) is 12.3 Å². The fraction of sp³-hybridized carbons (Fsp3) is 0.312. The molecule has 26 heavy (non-hydrogen) atoms. The Bertz CT molecular complexity index is 1110. The van der Waals surface area contributed by atoms with Gasteiger partial charge < -0.3 is 5.32 Å². The Morgan fingerprint density at radius 1 is 1.31 bits per heavy atom. The van der Waals surface area contributed by atoms with Gasteiger partial charge in [0.15, 0.2) is 4.96 Å². The van der Waals surface area contributed by atoms with Gasteiger partial charge in [-0.2, -0.15) is 5.10 Å². The number of amides is 3. The molecule has 1 atom stereocenters. The highest BCUT2D eigenvalue weighted by Crippen LogP contribution is 2.29. The second-order valence-electron chi connectivity index (χ2n) is 6.43. The third-order valence-electron chi connectivity index (χ3n) is 4.51. The zero-order valence-electron chi connectivity index (χ0n) is 14.4. The number of carbonyl (C=O) groups excluding carboxylic acids is 2. The first-order chi connectivity index (χ1) is 12.3. The van der Waals surface area contributed by atoms with E-state index >= 15 is 0 Å². The number of aromatic nitrogens is 4. The molecule has 4 rings (SSSR count). The van der Waals surface area contributed by atoms with Crippen molar-refractivity contribution in [1.29, 1.82) is 0 Å². The molecule has 1 unspecified atom stereocenters. The molecule has 1 saturated heterocycles. The zero-order valence-corrected chi connectivity index (χ0v) is 15.2. The van der Waals surface area contributed by atoms with Gasteiger partial charge in [0.25, 0.3) is 11.5 Å². The van der Waals surface area contributed by atoms with E-state index in [0.717, 1.165) is 10.6 Å². The lowest BCUT2D eigenvalue weighted by Gasteiger charge is -2.19. The zero-order chi connectivity index (χ0) is 18.6. The van der Waals surface area contributed by atoms with Gasteiger partial charge in [-0.15, -0.1) is 11.3 Å². The highest BCUT2D eigenvalue weighted by atomic mass is 32.1. The predicted octanol–water partition coefficient (Wildman–Crippen LogP) is 0.765. The molecule has 0 aliphatic carbocycles. The summed E-state index contributed by atoms with van der Waals surface area (Å²) in [6, 6.07) is 0.832. The van der Waals surface area contributed by atoms with E-state index < -0.39 is 17.5 Å². The maximum absolute atomic E-state index is 12.9. The highest BCUT2D eigenvalue weighted by Gasteiger charge is 2.49. The van der Waals surface area contributed by atoms with E-state index in [2.05, 4.69) is 15.4 Å². The maximum atomic E-state index is 12.9. The van der Waals surface area contributed by atoms with Crippen LogP contribution in [-0.4, -0.2) is 36.0 Å². The standard InChI is InChI=1S/C16H16N6O3S/c1-9-8-26-15-18-11(4-12(23)22(9)15)7-21-13(24)16(2,19-14(21)25)10-5-17-20(3)6-10/h4-6,8H,7H2,1-3H3,(H,19,25). The molecular weight excluding hydrogens is 356 g/mol. The number of hydrogen-bond acceptors (Lipinski definition) is 6. The summed E-state index contributed by atoms with van der Waals surface area (Å²) in [6.07, 6.45) is 3.24. The van der Waals surface area contributed by atoms with Crippen LogP contribution in [0.5, 0.6) is 0 Å². The van der Waals surface area contributed by atoms with Crippen LogP contribution in [0.15, 0.2) is 28.6 Å². The van der Waals surface area contributed by atoms with Crippen LogP contribution >= 0.6 is 11.3 Å². The molecule has 1 N–H and O–H groups in total. The van der Waals surface area contributed by atoms with Crippen molar-refractivity contribution in [3.8, 4) is 0 Å². The van der Waals surface area contributed by atoms with Gasteiger partial charge in [0.2, 0.25) is 0 Å². The van der Waals surface area contributed by atoms with Crippen LogP contribution in [0.1, 0.15) is 23.9 Å². The molecule has 1 fully saturated rings. The fourth-order valence-electron chi connectivity index (χ4n) is 3.06. The van der Waals surface area contributed by atoms with Gasteiger partial charge in [-0.1, -0.05) is 0 Å². The Morgan fingerprint density at radius 3 is 2.77 bits per heavy atom. The number of thiazole rings is 1. The Balaban J connectivity index is 1.68. The van der Waals surface area contributed by atoms with Crippen molar-refractivity contribution in [2.75, 3.05) is 0 Å². The predicted molar refractivity (Wildman–Crippen MR) is 93.7 cm³/mol. The molecule has 3 aromatic heterocycles. The van der Waals surface area contributed by atoms with Gasteiger partial charge in [0, 0.05) is 35.9 Å². The van der Waals surface area contributed by atoms with Crippen molar-refractivity contribution in [2.45, 2.75) is 25.9 Å². The van der Waals surface area contributed by atoms with E-state index in [0.29, 0.717) is 16.2 Å². The SMILES string of the molecule is Cc1csc2nc(CN3C(=O)NC(C)(c4cnn(C)c4)C3=O)cc(=O)n12. The first-order valence-electron chi connectivity index (χ1n) is 7.89. The van der Waals surface area contributed by atoms with Crippen LogP contribution in [0.2, 0.25) is 0 Å². The van der Waals surface area contributed by atoms with E-state index in [-0.39, 0.29) is 12.1 Å². The number of carbonyl (C=O) groups is 2. The van der Waals surface area contributed by atoms with Crippen molar-refractivity contribution in [3.63, 3.8) is 0 Å². The normalized spacial score (nSPS) is 20.2. The third-order valence-corrected chi connectivity index (χ3v) is 5.45. The molecular formula is C16H16N6O3S. The minimum atomic E-state index is -1.19. The molecule has 0 radical (unpaired) electrons. The quantitative estimate of drug-likeness (QED) is 0.684. The highest BCUT2D eigenvalue weighted by molar-refractivity contribution is 7.15. The van der Waals surface area contributed by atoms with Crippen molar-refractivity contribution in [1.82, 2.24) is 29.4 Å². The summed E-state index contributed by atoms with van der Waals surface area (Å²) in [7, 11) is 1.74. The Hall–Kier alpha value is -3.01. The largest absolute Gasteiger partial charge is 0.325 e. The molecule has 134 valence electrons. The molecule has 1 aliphatic rings. The molecule has 0 saturated carbocycles. The molecule has 3 aromatic rings. The number of nitrogens with zero attached hydrogens (tertiary/aromatic N) is 5. The van der Waals surface area contributed by atoms with E-state index in [1.165, 1.54) is 21.8 Å². The first-order valence-corrected chi connectivity index (χ1v) is 8.77. The number of urea groups is 1. The Kier molecular flexibility index (Phi) is 3.48. The van der Waals surface area contributed by atoms with Crippen LogP contribution in [0.25, 0.3) is 4.96 Å². The number of aryl methyl sites for hydroxylation is 2. The average Bonchev–Trinajstić information content (AvgIpc) is 3.23. The third kappa shape index (κ3) is 2.33. The summed E-state index contributed by atoms with van der Waals surface area (Å²) < 4.78 is 3.07. The van der Waals surface area contributed by atoms with Gasteiger partial charge in [-0.3, -0.25) is 23.6 Å². The number of imide groups is 1. The van der Waals surface area contributed by atoms with Crippen molar-refractivity contribution >= 4 is 28.2 Å². The lowest BCUT2D eigenvalue weighted by Crippen LogP contribution is -2.40. The summed E-state index contributed by atoms with van der Waals surface area (Å²) in [6.45, 7) is 3.39. The van der Waals surface area contributed by atoms with Crippen molar-refractivity contribution in [3.05, 3.63) is 51.1 Å². The topological polar surface area (TPSA) is 102 Å². The number of hydrogen-bond donors (Lipinski definition) is 1.